The SMILES string of the molecule is CCCCC/C=C\C\C=C/C=C/C=C/[C@@H](SC[C@H](N)C(=O)OC[C@H](COP(=O)(O)O)OC(=O)CCCCCCCCCC(C)C)[C@@H](O)CCCC(=O)O. The van der Waals surface area contributed by atoms with Gasteiger partial charge in [-0.2, -0.15) is 0 Å². The van der Waals surface area contributed by atoms with E-state index in [1.165, 1.54) is 50.3 Å². The van der Waals surface area contributed by atoms with Crippen LogP contribution in [0.2, 0.25) is 0 Å². The fraction of sp³-hybridized carbons (Fsp3) is 0.718. The van der Waals surface area contributed by atoms with E-state index in [-0.39, 0.29) is 31.4 Å². The first-order valence-corrected chi connectivity index (χ1v) is 21.8. The van der Waals surface area contributed by atoms with E-state index in [0.29, 0.717) is 12.3 Å². The lowest BCUT2D eigenvalue weighted by Gasteiger charge is -2.22. The molecule has 0 aliphatic rings. The van der Waals surface area contributed by atoms with Gasteiger partial charge in [-0.05, 0) is 44.4 Å². The first-order valence-electron chi connectivity index (χ1n) is 19.2. The summed E-state index contributed by atoms with van der Waals surface area (Å²) >= 11 is 1.20. The molecule has 0 aromatic carbocycles. The van der Waals surface area contributed by atoms with Crippen molar-refractivity contribution in [3.05, 3.63) is 48.6 Å². The number of aliphatic hydroxyl groups excluding tert-OH is 1. The van der Waals surface area contributed by atoms with Crippen LogP contribution in [-0.2, 0) is 32.9 Å². The van der Waals surface area contributed by atoms with E-state index in [0.717, 1.165) is 38.5 Å². The molecule has 0 heterocycles. The number of carboxylic acid groups (broad SMARTS) is 1. The van der Waals surface area contributed by atoms with Crippen LogP contribution in [0.5, 0.6) is 0 Å². The fourth-order valence-electron chi connectivity index (χ4n) is 5.00. The molecule has 0 saturated heterocycles. The van der Waals surface area contributed by atoms with Gasteiger partial charge in [0.25, 0.3) is 0 Å². The van der Waals surface area contributed by atoms with Gasteiger partial charge in [0.05, 0.1) is 12.7 Å². The quantitative estimate of drug-likeness (QED) is 0.0138. The number of unbranched alkanes of at least 4 members (excludes halogenated alkanes) is 9. The second-order valence-electron chi connectivity index (χ2n) is 13.6. The van der Waals surface area contributed by atoms with Crippen LogP contribution in [0.1, 0.15) is 130 Å². The van der Waals surface area contributed by atoms with Crippen molar-refractivity contribution in [3.63, 3.8) is 0 Å². The molecule has 0 spiro atoms. The van der Waals surface area contributed by atoms with Crippen molar-refractivity contribution in [2.45, 2.75) is 153 Å². The molecule has 0 amide bonds. The van der Waals surface area contributed by atoms with E-state index in [2.05, 4.69) is 37.4 Å². The third-order valence-corrected chi connectivity index (χ3v) is 9.92. The summed E-state index contributed by atoms with van der Waals surface area (Å²) in [5, 5.41) is 19.3. The lowest BCUT2D eigenvalue weighted by molar-refractivity contribution is -0.161. The van der Waals surface area contributed by atoms with Crippen LogP contribution in [0.3, 0.4) is 0 Å². The molecule has 0 unspecified atom stereocenters. The summed E-state index contributed by atoms with van der Waals surface area (Å²) in [7, 11) is -4.88. The largest absolute Gasteiger partial charge is 0.481 e. The molecule has 0 saturated carbocycles. The van der Waals surface area contributed by atoms with Crippen molar-refractivity contribution in [2.24, 2.45) is 11.7 Å². The fourth-order valence-corrected chi connectivity index (χ4v) is 6.48. The summed E-state index contributed by atoms with van der Waals surface area (Å²) in [5.74, 6) is -1.64. The van der Waals surface area contributed by atoms with Crippen molar-refractivity contribution >= 4 is 37.5 Å². The Bertz CT molecular complexity index is 1140. The highest BCUT2D eigenvalue weighted by Crippen LogP contribution is 2.36. The van der Waals surface area contributed by atoms with Crippen molar-refractivity contribution in [1.82, 2.24) is 0 Å². The second-order valence-corrected chi connectivity index (χ2v) is 16.0. The molecule has 0 bridgehead atoms. The average molecular weight is 790 g/mol. The number of thioether (sulfide) groups is 1. The van der Waals surface area contributed by atoms with Gasteiger partial charge >= 0.3 is 25.7 Å². The van der Waals surface area contributed by atoms with Gasteiger partial charge in [-0.1, -0.05) is 127 Å². The molecule has 14 heteroatoms. The van der Waals surface area contributed by atoms with Crippen LogP contribution in [0.4, 0.5) is 0 Å². The number of rotatable bonds is 34. The number of carbonyl (C=O) groups is 3. The Hall–Kier alpha value is -2.25. The van der Waals surface area contributed by atoms with Gasteiger partial charge in [0.1, 0.15) is 12.6 Å². The second kappa shape index (κ2) is 33.1. The maximum absolute atomic E-state index is 12.7. The number of aliphatic hydroxyl groups is 1. The van der Waals surface area contributed by atoms with E-state index in [1.807, 2.05) is 24.3 Å². The molecular weight excluding hydrogens is 721 g/mol. The summed E-state index contributed by atoms with van der Waals surface area (Å²) in [4.78, 5) is 54.4. The number of carboxylic acids is 1. The van der Waals surface area contributed by atoms with Crippen molar-refractivity contribution < 1.29 is 52.9 Å². The number of allylic oxidation sites excluding steroid dienone is 7. The van der Waals surface area contributed by atoms with Crippen LogP contribution in [0.15, 0.2) is 48.6 Å². The van der Waals surface area contributed by atoms with Crippen LogP contribution >= 0.6 is 19.6 Å². The number of carbonyl (C=O) groups excluding carboxylic acids is 2. The van der Waals surface area contributed by atoms with Crippen LogP contribution < -0.4 is 5.73 Å². The number of nitrogens with two attached hydrogens (primary N) is 1. The number of ether oxygens (including phenoxy) is 2. The molecule has 0 aliphatic carbocycles. The number of phosphoric ester groups is 1. The van der Waals surface area contributed by atoms with Gasteiger partial charge in [0, 0.05) is 23.8 Å². The van der Waals surface area contributed by atoms with Gasteiger partial charge in [0.15, 0.2) is 6.10 Å². The molecule has 0 fully saturated rings. The molecule has 0 aromatic heterocycles. The highest BCUT2D eigenvalue weighted by atomic mass is 32.2. The van der Waals surface area contributed by atoms with Gasteiger partial charge in [-0.15, -0.1) is 11.8 Å². The summed E-state index contributed by atoms with van der Waals surface area (Å²) in [6, 6.07) is -1.14. The summed E-state index contributed by atoms with van der Waals surface area (Å²) in [5.41, 5.74) is 6.08. The highest BCUT2D eigenvalue weighted by molar-refractivity contribution is 8.00. The van der Waals surface area contributed by atoms with Crippen LogP contribution in [0.25, 0.3) is 0 Å². The summed E-state index contributed by atoms with van der Waals surface area (Å²) in [6.45, 7) is 5.41. The topological polar surface area (TPSA) is 203 Å². The zero-order valence-corrected chi connectivity index (χ0v) is 33.9. The van der Waals surface area contributed by atoms with E-state index >= 15 is 0 Å². The molecule has 53 heavy (non-hydrogen) atoms. The minimum absolute atomic E-state index is 0.0409. The van der Waals surface area contributed by atoms with Crippen LogP contribution in [-0.4, -0.2) is 80.4 Å². The lowest BCUT2D eigenvalue weighted by atomic mass is 10.0. The minimum atomic E-state index is -4.88. The number of esters is 2. The molecule has 0 rings (SSSR count). The Labute approximate surface area is 322 Å². The third kappa shape index (κ3) is 34.0. The molecule has 0 aliphatic heterocycles. The number of phosphoric acid groups is 1. The zero-order chi connectivity index (χ0) is 39.7. The molecular formula is C39H68NO11PS. The summed E-state index contributed by atoms with van der Waals surface area (Å²) < 4.78 is 26.4. The van der Waals surface area contributed by atoms with E-state index in [9.17, 15) is 24.1 Å². The predicted molar refractivity (Wildman–Crippen MR) is 212 cm³/mol. The van der Waals surface area contributed by atoms with E-state index in [4.69, 9.17) is 30.1 Å². The maximum Gasteiger partial charge on any atom is 0.469 e. The molecule has 0 aromatic rings. The monoisotopic (exact) mass is 789 g/mol. The Kier molecular flexibility index (Phi) is 31.7. The van der Waals surface area contributed by atoms with E-state index in [1.54, 1.807) is 12.2 Å². The lowest BCUT2D eigenvalue weighted by Crippen LogP contribution is -2.38. The van der Waals surface area contributed by atoms with Crippen molar-refractivity contribution in [3.8, 4) is 0 Å². The standard InChI is InChI=1S/C39H68NO11PS/c1-4-5-6-7-8-9-10-11-12-15-18-21-26-36(35(41)25-23-27-37(42)43)53-31-34(40)39(45)49-29-33(30-50-52(46,47)48)51-38(44)28-22-19-16-13-14-17-20-24-32(2)3/h8-9,11-12,15,18,21,26,32-36,41H,4-7,10,13-14,16-17,19-20,22-25,27-31,40H2,1-3H3,(H,42,43)(H2,46,47,48)/b9-8-,12-11-,18-15+,26-21+/t33-,34+,35+,36-/m1/s1. The summed E-state index contributed by atoms with van der Waals surface area (Å²) in [6.07, 6.45) is 27.7. The Balaban J connectivity index is 5.01. The zero-order valence-electron chi connectivity index (χ0n) is 32.2. The first kappa shape index (κ1) is 50.8. The third-order valence-electron chi connectivity index (χ3n) is 8.02. The maximum atomic E-state index is 12.7. The molecule has 4 atom stereocenters. The minimum Gasteiger partial charge on any atom is -0.481 e. The van der Waals surface area contributed by atoms with Gasteiger partial charge in [0.2, 0.25) is 0 Å². The number of hydrogen-bond donors (Lipinski definition) is 5. The Morgan fingerprint density at radius 1 is 0.811 bits per heavy atom. The predicted octanol–water partition coefficient (Wildman–Crippen LogP) is 7.96. The molecule has 6 N–H and O–H groups in total. The highest BCUT2D eigenvalue weighted by Gasteiger charge is 2.26. The molecule has 12 nitrogen and oxygen atoms in total. The van der Waals surface area contributed by atoms with Gasteiger partial charge in [-0.3, -0.25) is 18.9 Å². The van der Waals surface area contributed by atoms with Crippen molar-refractivity contribution in [2.75, 3.05) is 19.0 Å². The number of hydrogen-bond acceptors (Lipinski definition) is 10. The van der Waals surface area contributed by atoms with Crippen LogP contribution in [0, 0.1) is 5.92 Å². The average Bonchev–Trinajstić information content (AvgIpc) is 3.09. The smallest absolute Gasteiger partial charge is 0.469 e. The van der Waals surface area contributed by atoms with Gasteiger partial charge < -0.3 is 35.2 Å². The molecule has 0 radical (unpaired) electrons. The first-order chi connectivity index (χ1) is 25.2. The number of aliphatic carboxylic acids is 1. The van der Waals surface area contributed by atoms with E-state index < -0.39 is 62.4 Å². The van der Waals surface area contributed by atoms with Crippen molar-refractivity contribution in [1.29, 1.82) is 0 Å². The van der Waals surface area contributed by atoms with Gasteiger partial charge in [-0.25, -0.2) is 4.57 Å². The molecule has 306 valence electrons. The normalized spacial score (nSPS) is 14.8. The Morgan fingerprint density at radius 3 is 2.15 bits per heavy atom. The Morgan fingerprint density at radius 2 is 1.49 bits per heavy atom.